The smallest absolute Gasteiger partial charge is 0.107 e. The van der Waals surface area contributed by atoms with E-state index in [1.54, 1.807) is 11.3 Å². The molecule has 0 aliphatic rings. The molecule has 0 radical (unpaired) electrons. The van der Waals surface area contributed by atoms with E-state index in [2.05, 4.69) is 31.9 Å². The largest absolute Gasteiger partial charge is 0.384 e. The Hall–Kier alpha value is -0.390. The molecule has 0 spiro atoms. The first-order valence-corrected chi connectivity index (χ1v) is 8.66. The first kappa shape index (κ1) is 14.5. The second-order valence-corrected chi connectivity index (χ2v) is 8.52. The maximum atomic E-state index is 10.7. The van der Waals surface area contributed by atoms with Crippen LogP contribution in [0, 0.1) is 0 Å². The zero-order valence-electron chi connectivity index (χ0n) is 10.1. The Balaban J connectivity index is 2.20. The number of benzene rings is 2. The molecule has 1 unspecified atom stereocenters. The lowest BCUT2D eigenvalue weighted by Gasteiger charge is -2.14. The van der Waals surface area contributed by atoms with Gasteiger partial charge in [0.1, 0.15) is 6.10 Å². The average molecular weight is 433 g/mol. The van der Waals surface area contributed by atoms with Crippen molar-refractivity contribution < 1.29 is 5.11 Å². The molecule has 2 aromatic carbocycles. The molecule has 0 fully saturated rings. The summed E-state index contributed by atoms with van der Waals surface area (Å²) in [5.41, 5.74) is 1.71. The Kier molecular flexibility index (Phi) is 4.20. The van der Waals surface area contributed by atoms with Crippen LogP contribution in [0.25, 0.3) is 10.8 Å². The van der Waals surface area contributed by atoms with E-state index in [4.69, 9.17) is 11.6 Å². The zero-order chi connectivity index (χ0) is 14.3. The van der Waals surface area contributed by atoms with E-state index in [0.29, 0.717) is 5.02 Å². The van der Waals surface area contributed by atoms with Crippen LogP contribution in [0.15, 0.2) is 50.0 Å². The van der Waals surface area contributed by atoms with Crippen LogP contribution in [0.4, 0.5) is 0 Å². The van der Waals surface area contributed by atoms with E-state index in [0.717, 1.165) is 29.5 Å². The molecule has 1 N–H and O–H groups in total. The minimum atomic E-state index is -0.686. The Morgan fingerprint density at radius 1 is 1.00 bits per heavy atom. The van der Waals surface area contributed by atoms with Gasteiger partial charge in [0.05, 0.1) is 7.57 Å². The van der Waals surface area contributed by atoms with Gasteiger partial charge in [0.15, 0.2) is 0 Å². The number of rotatable bonds is 2. The van der Waals surface area contributed by atoms with E-state index >= 15 is 0 Å². The van der Waals surface area contributed by atoms with Gasteiger partial charge in [-0.15, -0.1) is 11.3 Å². The van der Waals surface area contributed by atoms with Crippen LogP contribution in [0.5, 0.6) is 0 Å². The van der Waals surface area contributed by atoms with Crippen LogP contribution >= 0.6 is 54.8 Å². The Labute approximate surface area is 142 Å². The van der Waals surface area contributed by atoms with Crippen molar-refractivity contribution >= 4 is 65.6 Å². The zero-order valence-corrected chi connectivity index (χ0v) is 14.9. The summed E-state index contributed by atoms with van der Waals surface area (Å²) in [5.74, 6) is 0. The molecule has 20 heavy (non-hydrogen) atoms. The lowest BCUT2D eigenvalue weighted by Crippen LogP contribution is -2.00. The number of halogens is 3. The molecule has 1 heterocycles. The molecule has 1 aromatic heterocycles. The molecule has 0 bridgehead atoms. The first-order chi connectivity index (χ1) is 9.58. The summed E-state index contributed by atoms with van der Waals surface area (Å²) in [6.07, 6.45) is -0.686. The third kappa shape index (κ3) is 2.55. The summed E-state index contributed by atoms with van der Waals surface area (Å²) in [5, 5.41) is 13.3. The van der Waals surface area contributed by atoms with Crippen molar-refractivity contribution in [2.24, 2.45) is 0 Å². The molecule has 1 nitrogen and oxygen atoms in total. The Bertz CT molecular complexity index is 785. The van der Waals surface area contributed by atoms with Gasteiger partial charge < -0.3 is 5.11 Å². The highest BCUT2D eigenvalue weighted by molar-refractivity contribution is 9.12. The molecular formula is C15H9Br2ClOS. The minimum absolute atomic E-state index is 0.686. The highest BCUT2D eigenvalue weighted by atomic mass is 79.9. The summed E-state index contributed by atoms with van der Waals surface area (Å²) >= 11 is 14.7. The van der Waals surface area contributed by atoms with E-state index in [1.807, 2.05) is 42.5 Å². The van der Waals surface area contributed by atoms with Gasteiger partial charge in [-0.1, -0.05) is 41.9 Å². The summed E-state index contributed by atoms with van der Waals surface area (Å²) in [7, 11) is 0. The molecule has 3 aromatic rings. The summed E-state index contributed by atoms with van der Waals surface area (Å²) < 4.78 is 1.91. The van der Waals surface area contributed by atoms with Gasteiger partial charge in [-0.05, 0) is 54.9 Å². The van der Waals surface area contributed by atoms with Crippen LogP contribution in [0.3, 0.4) is 0 Å². The van der Waals surface area contributed by atoms with E-state index < -0.39 is 6.10 Å². The normalized spacial score (nSPS) is 12.8. The van der Waals surface area contributed by atoms with Crippen molar-refractivity contribution in [2.45, 2.75) is 6.10 Å². The molecule has 3 rings (SSSR count). The fraction of sp³-hybridized carbons (Fsp3) is 0.0667. The van der Waals surface area contributed by atoms with Crippen LogP contribution < -0.4 is 0 Å². The van der Waals surface area contributed by atoms with Gasteiger partial charge >= 0.3 is 0 Å². The van der Waals surface area contributed by atoms with Crippen LogP contribution in [0.1, 0.15) is 17.2 Å². The van der Waals surface area contributed by atoms with Gasteiger partial charge in [-0.3, -0.25) is 0 Å². The summed E-state index contributed by atoms with van der Waals surface area (Å²) in [6, 6.07) is 13.5. The highest BCUT2D eigenvalue weighted by Gasteiger charge is 2.19. The summed E-state index contributed by atoms with van der Waals surface area (Å²) in [6.45, 7) is 0. The van der Waals surface area contributed by atoms with Gasteiger partial charge in [0.25, 0.3) is 0 Å². The second-order valence-electron chi connectivity index (χ2n) is 4.36. The maximum Gasteiger partial charge on any atom is 0.107 e. The van der Waals surface area contributed by atoms with Gasteiger partial charge in [0.2, 0.25) is 0 Å². The number of aliphatic hydroxyl groups is 1. The maximum absolute atomic E-state index is 10.7. The number of fused-ring (bicyclic) bond motifs is 1. The lowest BCUT2D eigenvalue weighted by molar-refractivity contribution is 0.221. The molecule has 0 saturated heterocycles. The number of hydrogen-bond donors (Lipinski definition) is 1. The van der Waals surface area contributed by atoms with E-state index in [-0.39, 0.29) is 0 Å². The third-order valence-corrected chi connectivity index (χ3v) is 5.89. The molecule has 0 amide bonds. The Morgan fingerprint density at radius 2 is 1.70 bits per heavy atom. The van der Waals surface area contributed by atoms with Crippen LogP contribution in [-0.4, -0.2) is 5.11 Å². The number of hydrogen-bond acceptors (Lipinski definition) is 2. The van der Waals surface area contributed by atoms with Crippen molar-refractivity contribution in [1.29, 1.82) is 0 Å². The number of thiophene rings is 1. The number of aliphatic hydroxyl groups excluding tert-OH is 1. The average Bonchev–Trinajstić information content (AvgIpc) is 2.78. The first-order valence-electron chi connectivity index (χ1n) is 5.88. The van der Waals surface area contributed by atoms with Crippen LogP contribution in [0.2, 0.25) is 5.02 Å². The molecule has 0 saturated carbocycles. The third-order valence-electron chi connectivity index (χ3n) is 3.18. The standard InChI is InChI=1S/C15H9Br2ClOS/c16-13-7-11(15(17)20-13)14(19)10-5-6-12(18)9-4-2-1-3-8(9)10/h1-7,14,19H. The van der Waals surface area contributed by atoms with Crippen LogP contribution in [-0.2, 0) is 0 Å². The molecular weight excluding hydrogens is 423 g/mol. The van der Waals surface area contributed by atoms with Crippen molar-refractivity contribution in [2.75, 3.05) is 0 Å². The van der Waals surface area contributed by atoms with Crippen molar-refractivity contribution in [1.82, 2.24) is 0 Å². The SMILES string of the molecule is OC(c1cc(Br)sc1Br)c1ccc(Cl)c2ccccc12. The van der Waals surface area contributed by atoms with Crippen molar-refractivity contribution in [3.63, 3.8) is 0 Å². The summed E-state index contributed by atoms with van der Waals surface area (Å²) in [4.78, 5) is 0. The molecule has 0 aliphatic heterocycles. The fourth-order valence-corrected chi connectivity index (χ4v) is 5.34. The fourth-order valence-electron chi connectivity index (χ4n) is 2.23. The van der Waals surface area contributed by atoms with E-state index in [9.17, 15) is 5.11 Å². The van der Waals surface area contributed by atoms with Crippen molar-refractivity contribution in [3.05, 3.63) is 66.2 Å². The molecule has 0 aliphatic carbocycles. The predicted octanol–water partition coefficient (Wildman–Crippen LogP) is 6.16. The molecule has 1 atom stereocenters. The van der Waals surface area contributed by atoms with Gasteiger partial charge in [-0.25, -0.2) is 0 Å². The van der Waals surface area contributed by atoms with Gasteiger partial charge in [-0.2, -0.15) is 0 Å². The molecule has 102 valence electrons. The molecule has 5 heteroatoms. The second kappa shape index (κ2) is 5.78. The minimum Gasteiger partial charge on any atom is -0.384 e. The highest BCUT2D eigenvalue weighted by Crippen LogP contribution is 2.40. The van der Waals surface area contributed by atoms with Gasteiger partial charge in [0, 0.05) is 16.0 Å². The quantitative estimate of drug-likeness (QED) is 0.514. The van der Waals surface area contributed by atoms with Crippen molar-refractivity contribution in [3.8, 4) is 0 Å². The Morgan fingerprint density at radius 3 is 2.35 bits per heavy atom. The topological polar surface area (TPSA) is 20.2 Å². The lowest BCUT2D eigenvalue weighted by atomic mass is 9.97. The monoisotopic (exact) mass is 430 g/mol. The predicted molar refractivity (Wildman–Crippen MR) is 92.7 cm³/mol. The van der Waals surface area contributed by atoms with E-state index in [1.165, 1.54) is 0 Å².